The van der Waals surface area contributed by atoms with Crippen LogP contribution in [0.3, 0.4) is 0 Å². The van der Waals surface area contributed by atoms with Crippen LogP contribution in [-0.2, 0) is 28.6 Å². The molecule has 35 heavy (non-hydrogen) atoms. The number of ether oxygens (including phenoxy) is 3. The molecule has 2 aliphatic carbocycles. The molecule has 3 aliphatic rings. The molecule has 0 aromatic rings. The van der Waals surface area contributed by atoms with Gasteiger partial charge in [0.25, 0.3) is 0 Å². The highest BCUT2D eigenvalue weighted by Gasteiger charge is 2.74. The van der Waals surface area contributed by atoms with E-state index in [1.165, 1.54) is 32.1 Å². The first kappa shape index (κ1) is 27.3. The average Bonchev–Trinajstić information content (AvgIpc) is 2.88. The van der Waals surface area contributed by atoms with Crippen molar-refractivity contribution < 1.29 is 54.1 Å². The van der Waals surface area contributed by atoms with Crippen LogP contribution in [0.1, 0.15) is 48.0 Å². The molecule has 5 N–H and O–H groups in total. The fourth-order valence-corrected chi connectivity index (χ4v) is 5.75. The summed E-state index contributed by atoms with van der Waals surface area (Å²) in [5.41, 5.74) is -8.63. The summed E-state index contributed by atoms with van der Waals surface area (Å²) in [7, 11) is 0. The van der Waals surface area contributed by atoms with E-state index in [-0.39, 0.29) is 6.42 Å². The van der Waals surface area contributed by atoms with Crippen LogP contribution in [0.15, 0.2) is 23.8 Å². The highest BCUT2D eigenvalue weighted by molar-refractivity contribution is 5.84. The Hall–Kier alpha value is -2.31. The molecule has 11 heteroatoms. The maximum absolute atomic E-state index is 12.7. The second-order valence-corrected chi connectivity index (χ2v) is 10.4. The summed E-state index contributed by atoms with van der Waals surface area (Å²) in [6.45, 7) is 7.47. The van der Waals surface area contributed by atoms with Gasteiger partial charge in [0.1, 0.15) is 24.4 Å². The molecule has 0 spiro atoms. The lowest BCUT2D eigenvalue weighted by Gasteiger charge is -2.57. The number of hydrogen-bond acceptors (Lipinski definition) is 11. The SMILES string of the molecule is CC(=O)O[C@H]1C/C(C)=C\[C@@H]2OC(=O)[C@@](C)(O)[C@@]2(O)[C@@H](OC(C)=O)[C@H]2[C@](C)(O)[C@H](O)C=C[C@]2(C)[C@@H]1O. The molecule has 1 aliphatic heterocycles. The lowest BCUT2D eigenvalue weighted by molar-refractivity contribution is -0.260. The van der Waals surface area contributed by atoms with Crippen molar-refractivity contribution in [3.05, 3.63) is 23.8 Å². The van der Waals surface area contributed by atoms with Crippen molar-refractivity contribution in [1.82, 2.24) is 0 Å². The van der Waals surface area contributed by atoms with Crippen LogP contribution in [0, 0.1) is 11.3 Å². The predicted octanol–water partition coefficient (Wildman–Crippen LogP) is -0.728. The molecule has 0 amide bonds. The Balaban J connectivity index is 2.41. The molecule has 0 aromatic heterocycles. The highest BCUT2D eigenvalue weighted by Crippen LogP contribution is 2.55. The van der Waals surface area contributed by atoms with Crippen molar-refractivity contribution in [2.45, 2.75) is 95.3 Å². The predicted molar refractivity (Wildman–Crippen MR) is 118 cm³/mol. The summed E-state index contributed by atoms with van der Waals surface area (Å²) in [6.07, 6.45) is -3.82. The number of esters is 3. The van der Waals surface area contributed by atoms with Gasteiger partial charge in [-0.25, -0.2) is 4.79 Å². The van der Waals surface area contributed by atoms with Crippen LogP contribution >= 0.6 is 0 Å². The number of hydrogen-bond donors (Lipinski definition) is 5. The Labute approximate surface area is 203 Å². The highest BCUT2D eigenvalue weighted by atomic mass is 16.6. The normalized spacial score (nSPS) is 49.1. The van der Waals surface area contributed by atoms with Crippen molar-refractivity contribution in [2.75, 3.05) is 0 Å². The molecule has 0 bridgehead atoms. The molecule has 1 saturated heterocycles. The molecule has 1 heterocycles. The van der Waals surface area contributed by atoms with Crippen molar-refractivity contribution in [3.8, 4) is 0 Å². The monoisotopic (exact) mass is 498 g/mol. The number of carbonyl (C=O) groups excluding carboxylic acids is 3. The summed E-state index contributed by atoms with van der Waals surface area (Å²) in [6, 6.07) is 0. The topological polar surface area (TPSA) is 180 Å². The third kappa shape index (κ3) is 4.09. The van der Waals surface area contributed by atoms with E-state index in [9.17, 15) is 39.9 Å². The molecular weight excluding hydrogens is 464 g/mol. The van der Waals surface area contributed by atoms with Gasteiger partial charge >= 0.3 is 17.9 Å². The van der Waals surface area contributed by atoms with E-state index >= 15 is 0 Å². The molecular formula is C24H34O11. The summed E-state index contributed by atoms with van der Waals surface area (Å²) in [5.74, 6) is -4.35. The van der Waals surface area contributed by atoms with Gasteiger partial charge in [0.2, 0.25) is 0 Å². The third-order valence-corrected chi connectivity index (χ3v) is 7.68. The Bertz CT molecular complexity index is 967. The van der Waals surface area contributed by atoms with Crippen LogP contribution in [0.5, 0.6) is 0 Å². The molecule has 0 saturated carbocycles. The standard InChI is InChI=1S/C24H34O11/c1-11-9-14(33-12(2)25)18(28)21(4)8-7-15(27)22(5,30)17(21)19(34-13(3)26)24(32)16(10-11)35-20(29)23(24,6)31/h7-8,10,14-19,27-28,30-32H,9H2,1-6H3/b11-10-/t14-,15+,16-,17+,18+,19-,21-,22+,23+,24-/m0/s1. The Morgan fingerprint density at radius 3 is 2.17 bits per heavy atom. The quantitative estimate of drug-likeness (QED) is 0.184. The molecule has 0 aromatic carbocycles. The first-order chi connectivity index (χ1) is 15.9. The number of aliphatic hydroxyl groups excluding tert-OH is 2. The number of aliphatic hydroxyl groups is 5. The van der Waals surface area contributed by atoms with E-state index in [1.807, 2.05) is 0 Å². The van der Waals surface area contributed by atoms with Gasteiger partial charge in [-0.15, -0.1) is 0 Å². The van der Waals surface area contributed by atoms with E-state index in [1.54, 1.807) is 6.92 Å². The van der Waals surface area contributed by atoms with Crippen LogP contribution in [0.2, 0.25) is 0 Å². The lowest BCUT2D eigenvalue weighted by Crippen LogP contribution is -2.73. The first-order valence-corrected chi connectivity index (χ1v) is 11.4. The van der Waals surface area contributed by atoms with Gasteiger partial charge in [-0.3, -0.25) is 9.59 Å². The summed E-state index contributed by atoms with van der Waals surface area (Å²) in [4.78, 5) is 36.8. The molecule has 11 nitrogen and oxygen atoms in total. The van der Waals surface area contributed by atoms with Gasteiger partial charge in [-0.1, -0.05) is 24.6 Å². The smallest absolute Gasteiger partial charge is 0.341 e. The molecule has 0 unspecified atom stereocenters. The van der Waals surface area contributed by atoms with E-state index in [0.717, 1.165) is 20.8 Å². The Kier molecular flexibility index (Phi) is 6.75. The average molecular weight is 499 g/mol. The van der Waals surface area contributed by atoms with Crippen molar-refractivity contribution in [2.24, 2.45) is 11.3 Å². The molecule has 196 valence electrons. The zero-order chi connectivity index (χ0) is 26.7. The fourth-order valence-electron chi connectivity index (χ4n) is 5.75. The lowest BCUT2D eigenvalue weighted by atomic mass is 9.54. The van der Waals surface area contributed by atoms with Crippen molar-refractivity contribution in [1.29, 1.82) is 0 Å². The Morgan fingerprint density at radius 2 is 1.63 bits per heavy atom. The minimum atomic E-state index is -2.65. The van der Waals surface area contributed by atoms with Crippen LogP contribution < -0.4 is 0 Å². The van der Waals surface area contributed by atoms with Gasteiger partial charge in [0, 0.05) is 31.6 Å². The second-order valence-electron chi connectivity index (χ2n) is 10.4. The summed E-state index contributed by atoms with van der Waals surface area (Å²) in [5, 5.41) is 57.0. The van der Waals surface area contributed by atoms with Crippen LogP contribution in [0.25, 0.3) is 0 Å². The minimum Gasteiger partial charge on any atom is -0.459 e. The van der Waals surface area contributed by atoms with Crippen LogP contribution in [-0.4, -0.2) is 90.8 Å². The minimum absolute atomic E-state index is 0.0495. The zero-order valence-corrected chi connectivity index (χ0v) is 20.6. The number of carbonyl (C=O) groups is 3. The summed E-state index contributed by atoms with van der Waals surface area (Å²) >= 11 is 0. The summed E-state index contributed by atoms with van der Waals surface area (Å²) < 4.78 is 16.2. The van der Waals surface area contributed by atoms with Crippen molar-refractivity contribution >= 4 is 17.9 Å². The number of fused-ring (bicyclic) bond motifs is 2. The van der Waals surface area contributed by atoms with E-state index in [4.69, 9.17) is 14.2 Å². The maximum Gasteiger partial charge on any atom is 0.341 e. The van der Waals surface area contributed by atoms with Gasteiger partial charge in [0.15, 0.2) is 17.3 Å². The zero-order valence-electron chi connectivity index (χ0n) is 20.6. The second kappa shape index (κ2) is 8.67. The molecule has 3 rings (SSSR count). The largest absolute Gasteiger partial charge is 0.459 e. The molecule has 10 atom stereocenters. The first-order valence-electron chi connectivity index (χ1n) is 11.4. The Morgan fingerprint density at radius 1 is 1.06 bits per heavy atom. The van der Waals surface area contributed by atoms with Crippen molar-refractivity contribution in [3.63, 3.8) is 0 Å². The third-order valence-electron chi connectivity index (χ3n) is 7.68. The van der Waals surface area contributed by atoms with Gasteiger partial charge in [0.05, 0.1) is 5.60 Å². The maximum atomic E-state index is 12.7. The van der Waals surface area contributed by atoms with E-state index in [0.29, 0.717) is 5.57 Å². The van der Waals surface area contributed by atoms with Gasteiger partial charge in [-0.05, 0) is 26.8 Å². The molecule has 0 radical (unpaired) electrons. The fraction of sp³-hybridized carbons (Fsp3) is 0.708. The van der Waals surface area contributed by atoms with Gasteiger partial charge < -0.3 is 39.7 Å². The van der Waals surface area contributed by atoms with E-state index < -0.39 is 76.6 Å². The van der Waals surface area contributed by atoms with E-state index in [2.05, 4.69) is 0 Å². The van der Waals surface area contributed by atoms with Crippen LogP contribution in [0.4, 0.5) is 0 Å². The molecule has 1 fully saturated rings. The van der Waals surface area contributed by atoms with Gasteiger partial charge in [-0.2, -0.15) is 0 Å². The number of rotatable bonds is 2.